The van der Waals surface area contributed by atoms with E-state index in [4.69, 9.17) is 4.74 Å². The molecule has 1 aliphatic heterocycles. The van der Waals surface area contributed by atoms with Gasteiger partial charge in [0, 0.05) is 13.1 Å². The zero-order chi connectivity index (χ0) is 17.2. The van der Waals surface area contributed by atoms with Crippen molar-refractivity contribution >= 4 is 10.0 Å². The first-order valence-corrected chi connectivity index (χ1v) is 9.98. The number of nitrogens with zero attached hydrogens (tertiary/aromatic N) is 1. The van der Waals surface area contributed by atoms with Crippen LogP contribution in [0.1, 0.15) is 57.6 Å². The lowest BCUT2D eigenvalue weighted by atomic mass is 9.98. The number of benzene rings is 1. The van der Waals surface area contributed by atoms with Crippen molar-refractivity contribution in [3.05, 3.63) is 23.3 Å². The SMILES string of the molecule is CCOc1cc(C)c(C(C)C)cc1S(=O)(=O)N1CCC[C@@H](C)C1. The summed E-state index contributed by atoms with van der Waals surface area (Å²) in [5.74, 6) is 1.16. The maximum absolute atomic E-state index is 13.2. The van der Waals surface area contributed by atoms with Gasteiger partial charge in [-0.2, -0.15) is 4.31 Å². The van der Waals surface area contributed by atoms with Crippen LogP contribution in [-0.4, -0.2) is 32.4 Å². The molecule has 1 aromatic carbocycles. The van der Waals surface area contributed by atoms with E-state index in [-0.39, 0.29) is 5.92 Å². The topological polar surface area (TPSA) is 46.6 Å². The largest absolute Gasteiger partial charge is 0.492 e. The van der Waals surface area contributed by atoms with Crippen molar-refractivity contribution in [2.75, 3.05) is 19.7 Å². The van der Waals surface area contributed by atoms with Gasteiger partial charge in [-0.3, -0.25) is 0 Å². The average Bonchev–Trinajstić information content (AvgIpc) is 2.47. The van der Waals surface area contributed by atoms with Crippen LogP contribution in [0, 0.1) is 12.8 Å². The highest BCUT2D eigenvalue weighted by molar-refractivity contribution is 7.89. The van der Waals surface area contributed by atoms with E-state index in [0.717, 1.165) is 24.0 Å². The van der Waals surface area contributed by atoms with Crippen LogP contribution >= 0.6 is 0 Å². The Bertz CT molecular complexity index is 652. The first kappa shape index (κ1) is 18.3. The third-order valence-electron chi connectivity index (χ3n) is 4.49. The van der Waals surface area contributed by atoms with Gasteiger partial charge in [0.2, 0.25) is 10.0 Å². The lowest BCUT2D eigenvalue weighted by molar-refractivity contribution is 0.278. The summed E-state index contributed by atoms with van der Waals surface area (Å²) in [6.07, 6.45) is 2.02. The van der Waals surface area contributed by atoms with Crippen LogP contribution in [0.25, 0.3) is 0 Å². The molecule has 0 N–H and O–H groups in total. The summed E-state index contributed by atoms with van der Waals surface area (Å²) in [5, 5.41) is 0. The van der Waals surface area contributed by atoms with E-state index in [1.165, 1.54) is 0 Å². The highest BCUT2D eigenvalue weighted by Crippen LogP contribution is 2.34. The predicted octanol–water partition coefficient (Wildman–Crippen LogP) is 3.94. The summed E-state index contributed by atoms with van der Waals surface area (Å²) in [5.41, 5.74) is 2.14. The molecule has 1 saturated heterocycles. The van der Waals surface area contributed by atoms with E-state index in [2.05, 4.69) is 20.8 Å². The first-order chi connectivity index (χ1) is 10.8. The minimum Gasteiger partial charge on any atom is -0.492 e. The van der Waals surface area contributed by atoms with Gasteiger partial charge in [0.15, 0.2) is 0 Å². The second kappa shape index (κ2) is 7.22. The number of aryl methyl sites for hydroxylation is 1. The molecule has 0 aromatic heterocycles. The molecule has 0 aliphatic carbocycles. The third-order valence-corrected chi connectivity index (χ3v) is 6.38. The molecule has 130 valence electrons. The zero-order valence-corrected chi connectivity index (χ0v) is 15.7. The Hall–Kier alpha value is -1.07. The molecule has 0 amide bonds. The van der Waals surface area contributed by atoms with Crippen LogP contribution in [0.4, 0.5) is 0 Å². The van der Waals surface area contributed by atoms with Gasteiger partial charge < -0.3 is 4.74 Å². The fourth-order valence-corrected chi connectivity index (χ4v) is 5.02. The van der Waals surface area contributed by atoms with Crippen molar-refractivity contribution in [2.24, 2.45) is 5.92 Å². The molecule has 1 fully saturated rings. The van der Waals surface area contributed by atoms with Crippen LogP contribution in [0.5, 0.6) is 5.75 Å². The minimum absolute atomic E-state index is 0.278. The molecule has 0 radical (unpaired) electrons. The van der Waals surface area contributed by atoms with Crippen LogP contribution in [0.15, 0.2) is 17.0 Å². The van der Waals surface area contributed by atoms with Crippen LogP contribution in [0.3, 0.4) is 0 Å². The Morgan fingerprint density at radius 1 is 1.35 bits per heavy atom. The van der Waals surface area contributed by atoms with Gasteiger partial charge in [0.1, 0.15) is 10.6 Å². The van der Waals surface area contributed by atoms with Gasteiger partial charge in [-0.25, -0.2) is 8.42 Å². The fraction of sp³-hybridized carbons (Fsp3) is 0.667. The van der Waals surface area contributed by atoms with Crippen molar-refractivity contribution in [3.63, 3.8) is 0 Å². The number of ether oxygens (including phenoxy) is 1. The number of rotatable bonds is 5. The molecule has 1 aromatic rings. The molecule has 0 bridgehead atoms. The van der Waals surface area contributed by atoms with Gasteiger partial charge in [-0.05, 0) is 61.8 Å². The lowest BCUT2D eigenvalue weighted by Gasteiger charge is -2.31. The molecule has 1 heterocycles. The van der Waals surface area contributed by atoms with Gasteiger partial charge in [-0.15, -0.1) is 0 Å². The zero-order valence-electron chi connectivity index (χ0n) is 14.9. The van der Waals surface area contributed by atoms with E-state index in [0.29, 0.717) is 36.3 Å². The van der Waals surface area contributed by atoms with E-state index in [1.54, 1.807) is 4.31 Å². The quantitative estimate of drug-likeness (QED) is 0.816. The van der Waals surface area contributed by atoms with E-state index in [9.17, 15) is 8.42 Å². The lowest BCUT2D eigenvalue weighted by Crippen LogP contribution is -2.39. The molecule has 1 aliphatic rings. The van der Waals surface area contributed by atoms with Gasteiger partial charge >= 0.3 is 0 Å². The predicted molar refractivity (Wildman–Crippen MR) is 93.6 cm³/mol. The molecule has 1 atom stereocenters. The maximum Gasteiger partial charge on any atom is 0.246 e. The average molecular weight is 340 g/mol. The minimum atomic E-state index is -3.51. The van der Waals surface area contributed by atoms with Crippen LogP contribution in [-0.2, 0) is 10.0 Å². The van der Waals surface area contributed by atoms with Crippen molar-refractivity contribution in [2.45, 2.75) is 58.3 Å². The summed E-state index contributed by atoms with van der Waals surface area (Å²) >= 11 is 0. The highest BCUT2D eigenvalue weighted by Gasteiger charge is 2.31. The van der Waals surface area contributed by atoms with E-state index in [1.807, 2.05) is 26.0 Å². The Morgan fingerprint density at radius 2 is 2.04 bits per heavy atom. The Labute approximate surface area is 140 Å². The maximum atomic E-state index is 13.2. The standard InChI is InChI=1S/C18H29NO3S/c1-6-22-17-10-15(5)16(13(2)3)11-18(17)23(20,21)19-9-7-8-14(4)12-19/h10-11,13-14H,6-9,12H2,1-5H3/t14-/m1/s1. The number of piperidine rings is 1. The monoisotopic (exact) mass is 339 g/mol. The van der Waals surface area contributed by atoms with Gasteiger partial charge in [0.05, 0.1) is 6.61 Å². The second-order valence-corrected chi connectivity index (χ2v) is 8.76. The fourth-order valence-electron chi connectivity index (χ4n) is 3.27. The summed E-state index contributed by atoms with van der Waals surface area (Å²) < 4.78 is 33.6. The van der Waals surface area contributed by atoms with Crippen molar-refractivity contribution < 1.29 is 13.2 Å². The normalized spacial score (nSPS) is 20.0. The number of sulfonamides is 1. The molecule has 0 spiro atoms. The molecular weight excluding hydrogens is 310 g/mol. The smallest absolute Gasteiger partial charge is 0.246 e. The molecule has 0 saturated carbocycles. The van der Waals surface area contributed by atoms with Crippen molar-refractivity contribution in [1.82, 2.24) is 4.31 Å². The second-order valence-electron chi connectivity index (χ2n) is 6.85. The van der Waals surface area contributed by atoms with Crippen molar-refractivity contribution in [3.8, 4) is 5.75 Å². The third kappa shape index (κ3) is 3.89. The summed E-state index contributed by atoms with van der Waals surface area (Å²) in [7, 11) is -3.51. The molecule has 4 nitrogen and oxygen atoms in total. The molecular formula is C18H29NO3S. The Morgan fingerprint density at radius 3 is 2.61 bits per heavy atom. The van der Waals surface area contributed by atoms with Crippen LogP contribution < -0.4 is 4.74 Å². The first-order valence-electron chi connectivity index (χ1n) is 8.54. The van der Waals surface area contributed by atoms with Gasteiger partial charge in [-0.1, -0.05) is 20.8 Å². The number of hydrogen-bond acceptors (Lipinski definition) is 3. The molecule has 5 heteroatoms. The summed E-state index contributed by atoms with van der Waals surface area (Å²) in [4.78, 5) is 0.322. The molecule has 2 rings (SSSR count). The van der Waals surface area contributed by atoms with Gasteiger partial charge in [0.25, 0.3) is 0 Å². The highest BCUT2D eigenvalue weighted by atomic mass is 32.2. The van der Waals surface area contributed by atoms with Crippen molar-refractivity contribution in [1.29, 1.82) is 0 Å². The van der Waals surface area contributed by atoms with E-state index >= 15 is 0 Å². The van der Waals surface area contributed by atoms with E-state index < -0.39 is 10.0 Å². The van der Waals surface area contributed by atoms with Crippen LogP contribution in [0.2, 0.25) is 0 Å². The Kier molecular flexibility index (Phi) is 5.74. The molecule has 0 unspecified atom stereocenters. The number of hydrogen-bond donors (Lipinski definition) is 0. The molecule has 23 heavy (non-hydrogen) atoms. The Balaban J connectivity index is 2.52. The summed E-state index contributed by atoms with van der Waals surface area (Å²) in [6.45, 7) is 11.8. The summed E-state index contributed by atoms with van der Waals surface area (Å²) in [6, 6.07) is 3.69.